The average molecular weight is 406 g/mol. The first-order valence-corrected chi connectivity index (χ1v) is 14.0. The van der Waals surface area contributed by atoms with E-state index in [1.54, 1.807) is 7.11 Å². The molecule has 0 saturated heterocycles. The Morgan fingerprint density at radius 2 is 1.54 bits per heavy atom. The second-order valence-corrected chi connectivity index (χ2v) is 17.8. The number of hydrogen-bond donors (Lipinski definition) is 2. The van der Waals surface area contributed by atoms with Crippen LogP contribution >= 0.6 is 0 Å². The molecule has 0 heterocycles. The Labute approximate surface area is 164 Å². The van der Waals surface area contributed by atoms with Gasteiger partial charge in [0, 0.05) is 25.7 Å². The van der Waals surface area contributed by atoms with Gasteiger partial charge in [0.2, 0.25) is 0 Å². The summed E-state index contributed by atoms with van der Waals surface area (Å²) < 4.78 is 19.0. The van der Waals surface area contributed by atoms with Gasteiger partial charge in [-0.1, -0.05) is 55.4 Å². The van der Waals surface area contributed by atoms with Crippen molar-refractivity contribution in [3.63, 3.8) is 0 Å². The van der Waals surface area contributed by atoms with Crippen molar-refractivity contribution >= 4 is 17.6 Å². The SMILES string of the molecule is CO[C@@H]1[C@H](O)[C@@H](CO[Si](O[SiH](C(C)C)C(C)C)(C(C)C)C(C)C)C[C@H]1N. The smallest absolute Gasteiger partial charge is 0.333 e. The standard InChI is InChI=1S/C19H43NO4Si2/c1-12(2)25(13(3)4)24-26(14(5)6,15(7)8)23-11-16-10-17(20)19(22-9)18(16)21/h12-19,21,25H,10-11,20H2,1-9H3/t16-,17-,18-,19+/m1/s1. The first-order valence-electron chi connectivity index (χ1n) is 10.3. The summed E-state index contributed by atoms with van der Waals surface area (Å²) in [6.07, 6.45) is -0.133. The van der Waals surface area contributed by atoms with E-state index in [1.165, 1.54) is 0 Å². The van der Waals surface area contributed by atoms with Crippen molar-refractivity contribution in [2.24, 2.45) is 11.7 Å². The minimum absolute atomic E-state index is 0.0149. The van der Waals surface area contributed by atoms with Crippen LogP contribution in [-0.4, -0.2) is 54.7 Å². The maximum Gasteiger partial charge on any atom is 0.333 e. The summed E-state index contributed by atoms with van der Waals surface area (Å²) in [5, 5.41) is 10.5. The van der Waals surface area contributed by atoms with Crippen LogP contribution < -0.4 is 5.73 Å². The predicted octanol–water partition coefficient (Wildman–Crippen LogP) is 3.55. The first-order chi connectivity index (χ1) is 12.0. The molecule has 156 valence electrons. The molecule has 1 aliphatic carbocycles. The summed E-state index contributed by atoms with van der Waals surface area (Å²) >= 11 is 0. The van der Waals surface area contributed by atoms with Crippen molar-refractivity contribution in [1.82, 2.24) is 0 Å². The third kappa shape index (κ3) is 5.40. The molecule has 0 aromatic heterocycles. The largest absolute Gasteiger partial charge is 0.437 e. The van der Waals surface area contributed by atoms with Gasteiger partial charge in [-0.15, -0.1) is 0 Å². The maximum absolute atomic E-state index is 10.5. The molecular weight excluding hydrogens is 362 g/mol. The van der Waals surface area contributed by atoms with Crippen molar-refractivity contribution in [2.75, 3.05) is 13.7 Å². The van der Waals surface area contributed by atoms with Crippen LogP contribution in [0.1, 0.15) is 61.8 Å². The van der Waals surface area contributed by atoms with Crippen LogP contribution in [0, 0.1) is 5.92 Å². The van der Waals surface area contributed by atoms with Crippen molar-refractivity contribution in [2.45, 2.75) is 102 Å². The van der Waals surface area contributed by atoms with Gasteiger partial charge in [0.25, 0.3) is 0 Å². The van der Waals surface area contributed by atoms with Crippen molar-refractivity contribution in [3.05, 3.63) is 0 Å². The van der Waals surface area contributed by atoms with E-state index < -0.39 is 23.7 Å². The van der Waals surface area contributed by atoms with Crippen LogP contribution in [0.5, 0.6) is 0 Å². The summed E-state index contributed by atoms with van der Waals surface area (Å²) in [4.78, 5) is 0. The number of ether oxygens (including phenoxy) is 1. The Morgan fingerprint density at radius 1 is 1.04 bits per heavy atom. The zero-order chi connectivity index (χ0) is 20.2. The van der Waals surface area contributed by atoms with Gasteiger partial charge in [0.15, 0.2) is 9.04 Å². The second-order valence-electron chi connectivity index (χ2n) is 9.26. The topological polar surface area (TPSA) is 73.9 Å². The molecule has 1 saturated carbocycles. The fourth-order valence-electron chi connectivity index (χ4n) is 4.42. The van der Waals surface area contributed by atoms with E-state index in [4.69, 9.17) is 19.0 Å². The zero-order valence-electron chi connectivity index (χ0n) is 18.4. The Morgan fingerprint density at radius 3 is 1.88 bits per heavy atom. The molecule has 1 rings (SSSR count). The van der Waals surface area contributed by atoms with E-state index in [0.29, 0.717) is 28.8 Å². The molecule has 26 heavy (non-hydrogen) atoms. The molecule has 1 fully saturated rings. The number of methoxy groups -OCH3 is 1. The third-order valence-electron chi connectivity index (χ3n) is 5.86. The molecule has 5 nitrogen and oxygen atoms in total. The van der Waals surface area contributed by atoms with Gasteiger partial charge < -0.3 is 24.1 Å². The Bertz CT molecular complexity index is 404. The van der Waals surface area contributed by atoms with Gasteiger partial charge in [0.1, 0.15) is 0 Å². The highest BCUT2D eigenvalue weighted by molar-refractivity contribution is 6.78. The van der Waals surface area contributed by atoms with Crippen LogP contribution in [0.2, 0.25) is 22.2 Å². The normalized spacial score (nSPS) is 27.7. The van der Waals surface area contributed by atoms with E-state index in [2.05, 4.69) is 55.4 Å². The van der Waals surface area contributed by atoms with Crippen molar-refractivity contribution in [1.29, 1.82) is 0 Å². The highest BCUT2D eigenvalue weighted by Gasteiger charge is 2.49. The lowest BCUT2D eigenvalue weighted by atomic mass is 10.1. The van der Waals surface area contributed by atoms with Crippen LogP contribution in [-0.2, 0) is 13.3 Å². The molecule has 0 spiro atoms. The fourth-order valence-corrected chi connectivity index (χ4v) is 14.8. The van der Waals surface area contributed by atoms with E-state index in [1.807, 2.05) is 0 Å². The van der Waals surface area contributed by atoms with Gasteiger partial charge in [-0.05, 0) is 28.6 Å². The highest BCUT2D eigenvalue weighted by atomic mass is 28.4. The molecule has 0 radical (unpaired) electrons. The van der Waals surface area contributed by atoms with Crippen LogP contribution in [0.4, 0.5) is 0 Å². The molecule has 7 heteroatoms. The van der Waals surface area contributed by atoms with Gasteiger partial charge in [-0.25, -0.2) is 0 Å². The summed E-state index contributed by atoms with van der Waals surface area (Å²) in [6.45, 7) is 18.5. The zero-order valence-corrected chi connectivity index (χ0v) is 20.5. The van der Waals surface area contributed by atoms with E-state index in [9.17, 15) is 5.11 Å². The fraction of sp³-hybridized carbons (Fsp3) is 1.00. The monoisotopic (exact) mass is 405 g/mol. The molecule has 0 aliphatic heterocycles. The number of hydrogen-bond acceptors (Lipinski definition) is 5. The van der Waals surface area contributed by atoms with Gasteiger partial charge in [0.05, 0.1) is 12.2 Å². The number of aliphatic hydroxyl groups excluding tert-OH is 1. The summed E-state index contributed by atoms with van der Waals surface area (Å²) in [5.41, 5.74) is 8.01. The van der Waals surface area contributed by atoms with E-state index in [0.717, 1.165) is 6.42 Å². The molecular formula is C19H43NO4Si2. The Hall–Kier alpha value is 0.234. The van der Waals surface area contributed by atoms with Crippen LogP contribution in [0.3, 0.4) is 0 Å². The molecule has 0 unspecified atom stereocenters. The van der Waals surface area contributed by atoms with Crippen molar-refractivity contribution in [3.8, 4) is 0 Å². The number of nitrogens with two attached hydrogens (primary N) is 1. The van der Waals surface area contributed by atoms with E-state index in [-0.39, 0.29) is 18.1 Å². The van der Waals surface area contributed by atoms with Gasteiger partial charge in [-0.2, -0.15) is 0 Å². The van der Waals surface area contributed by atoms with Crippen LogP contribution in [0.15, 0.2) is 0 Å². The quantitative estimate of drug-likeness (QED) is 0.544. The third-order valence-corrected chi connectivity index (χ3v) is 14.9. The number of aliphatic hydroxyl groups is 1. The molecule has 0 amide bonds. The first kappa shape index (κ1) is 24.3. The van der Waals surface area contributed by atoms with Crippen molar-refractivity contribution < 1.29 is 18.4 Å². The second kappa shape index (κ2) is 10.1. The minimum Gasteiger partial charge on any atom is -0.437 e. The average Bonchev–Trinajstić information content (AvgIpc) is 2.79. The Kier molecular flexibility index (Phi) is 9.46. The number of rotatable bonds is 10. The van der Waals surface area contributed by atoms with Gasteiger partial charge in [-0.3, -0.25) is 0 Å². The predicted molar refractivity (Wildman–Crippen MR) is 113 cm³/mol. The maximum atomic E-state index is 10.5. The highest BCUT2D eigenvalue weighted by Crippen LogP contribution is 2.39. The molecule has 0 aromatic carbocycles. The summed E-state index contributed by atoms with van der Waals surface area (Å²) in [7, 11) is -2.21. The molecule has 1 aliphatic rings. The van der Waals surface area contributed by atoms with Crippen LogP contribution in [0.25, 0.3) is 0 Å². The Balaban J connectivity index is 2.97. The van der Waals surface area contributed by atoms with E-state index >= 15 is 0 Å². The lowest BCUT2D eigenvalue weighted by Crippen LogP contribution is -2.54. The minimum atomic E-state index is -2.42. The molecule has 4 atom stereocenters. The lowest BCUT2D eigenvalue weighted by Gasteiger charge is -2.43. The molecule has 3 N–H and O–H groups in total. The molecule has 0 bridgehead atoms. The molecule has 0 aromatic rings. The van der Waals surface area contributed by atoms with Gasteiger partial charge >= 0.3 is 8.56 Å². The lowest BCUT2D eigenvalue weighted by molar-refractivity contribution is -0.0222. The summed E-state index contributed by atoms with van der Waals surface area (Å²) in [5.74, 6) is 0.0149. The summed E-state index contributed by atoms with van der Waals surface area (Å²) in [6, 6.07) is -0.132.